The number of fused-ring (bicyclic) bond motifs is 2. The van der Waals surface area contributed by atoms with E-state index in [1.165, 1.54) is 12.3 Å². The minimum Gasteiger partial charge on any atom is -0.455 e. The lowest BCUT2D eigenvalue weighted by Gasteiger charge is -2.27. The zero-order valence-electron chi connectivity index (χ0n) is 9.14. The van der Waals surface area contributed by atoms with E-state index in [-0.39, 0.29) is 12.2 Å². The highest BCUT2D eigenvalue weighted by molar-refractivity contribution is 5.36. The highest BCUT2D eigenvalue weighted by Crippen LogP contribution is 2.52. The number of epoxide rings is 1. The summed E-state index contributed by atoms with van der Waals surface area (Å²) in [7, 11) is 0. The van der Waals surface area contributed by atoms with E-state index in [0.29, 0.717) is 5.76 Å². The maximum atomic E-state index is 9.80. The third-order valence-electron chi connectivity index (χ3n) is 2.85. The lowest BCUT2D eigenvalue weighted by molar-refractivity contribution is -0.218. The Morgan fingerprint density at radius 2 is 2.35 bits per heavy atom. The van der Waals surface area contributed by atoms with Crippen molar-refractivity contribution in [3.8, 4) is 23.7 Å². The van der Waals surface area contributed by atoms with Gasteiger partial charge >= 0.3 is 5.79 Å². The molecule has 3 aliphatic rings. The smallest absolute Gasteiger partial charge is 0.309 e. The van der Waals surface area contributed by atoms with Crippen LogP contribution in [-0.2, 0) is 14.2 Å². The van der Waals surface area contributed by atoms with Crippen LogP contribution in [0.4, 0.5) is 0 Å². The third-order valence-corrected chi connectivity index (χ3v) is 2.85. The van der Waals surface area contributed by atoms with Gasteiger partial charge in [0.2, 0.25) is 0 Å². The molecule has 17 heavy (non-hydrogen) atoms. The number of ether oxygens (including phenoxy) is 3. The van der Waals surface area contributed by atoms with Crippen molar-refractivity contribution in [1.29, 1.82) is 0 Å². The molecule has 2 fully saturated rings. The molecule has 0 radical (unpaired) electrons. The molecule has 4 atom stereocenters. The first-order valence-corrected chi connectivity index (χ1v) is 5.27. The molecule has 2 saturated heterocycles. The molecule has 0 unspecified atom stereocenters. The third kappa shape index (κ3) is 1.43. The molecule has 0 aromatic rings. The fourth-order valence-electron chi connectivity index (χ4n) is 2.00. The Morgan fingerprint density at radius 3 is 3.06 bits per heavy atom. The number of hydrogen-bond donors (Lipinski definition) is 1. The molecular weight excluding hydrogens is 220 g/mol. The van der Waals surface area contributed by atoms with Crippen LogP contribution < -0.4 is 0 Å². The Bertz CT molecular complexity index is 525. The van der Waals surface area contributed by atoms with Gasteiger partial charge in [0.15, 0.2) is 18.3 Å². The maximum absolute atomic E-state index is 9.80. The van der Waals surface area contributed by atoms with Gasteiger partial charge in [0.25, 0.3) is 0 Å². The monoisotopic (exact) mass is 230 g/mol. The predicted octanol–water partition coefficient (Wildman–Crippen LogP) is 0.296. The van der Waals surface area contributed by atoms with Crippen LogP contribution in [0, 0.1) is 23.7 Å². The lowest BCUT2D eigenvalue weighted by atomic mass is 10.1. The molecule has 86 valence electrons. The Kier molecular flexibility index (Phi) is 2.16. The summed E-state index contributed by atoms with van der Waals surface area (Å²) in [5.41, 5.74) is 0. The maximum Gasteiger partial charge on any atom is 0.309 e. The van der Waals surface area contributed by atoms with Gasteiger partial charge in [0.05, 0.1) is 6.26 Å². The van der Waals surface area contributed by atoms with E-state index in [2.05, 4.69) is 23.7 Å². The minimum absolute atomic E-state index is 0.159. The van der Waals surface area contributed by atoms with E-state index in [9.17, 15) is 5.11 Å². The fraction of sp³-hybridized carbons (Fsp3) is 0.385. The largest absolute Gasteiger partial charge is 0.455 e. The summed E-state index contributed by atoms with van der Waals surface area (Å²) >= 11 is 0. The molecule has 1 N–H and O–H groups in total. The van der Waals surface area contributed by atoms with Gasteiger partial charge in [0, 0.05) is 6.08 Å². The van der Waals surface area contributed by atoms with Crippen LogP contribution in [0.2, 0.25) is 0 Å². The quantitative estimate of drug-likeness (QED) is 0.480. The molecule has 0 amide bonds. The zero-order chi connectivity index (χ0) is 11.9. The van der Waals surface area contributed by atoms with Gasteiger partial charge in [-0.3, -0.25) is 0 Å². The molecule has 0 bridgehead atoms. The van der Waals surface area contributed by atoms with Gasteiger partial charge in [-0.1, -0.05) is 11.8 Å². The van der Waals surface area contributed by atoms with Crippen LogP contribution >= 0.6 is 0 Å². The molecule has 4 heteroatoms. The summed E-state index contributed by atoms with van der Waals surface area (Å²) in [4.78, 5) is 0. The second kappa shape index (κ2) is 3.56. The van der Waals surface area contributed by atoms with Gasteiger partial charge in [-0.15, -0.1) is 0 Å². The van der Waals surface area contributed by atoms with Crippen molar-refractivity contribution in [3.05, 3.63) is 24.2 Å². The van der Waals surface area contributed by atoms with E-state index in [1.807, 2.05) is 0 Å². The summed E-state index contributed by atoms with van der Waals surface area (Å²) in [6.45, 7) is 1.72. The average molecular weight is 230 g/mol. The van der Waals surface area contributed by atoms with Crippen LogP contribution in [0.3, 0.4) is 0 Å². The van der Waals surface area contributed by atoms with E-state index >= 15 is 0 Å². The van der Waals surface area contributed by atoms with Crippen LogP contribution in [0.25, 0.3) is 0 Å². The summed E-state index contributed by atoms with van der Waals surface area (Å²) in [6, 6.07) is 0. The number of allylic oxidation sites excluding steroid dienone is 1. The van der Waals surface area contributed by atoms with Crippen molar-refractivity contribution in [1.82, 2.24) is 0 Å². The molecule has 0 saturated carbocycles. The fourth-order valence-corrected chi connectivity index (χ4v) is 2.00. The van der Waals surface area contributed by atoms with Crippen LogP contribution in [0.15, 0.2) is 24.2 Å². The number of hydrogen-bond acceptors (Lipinski definition) is 4. The molecule has 0 aromatic carbocycles. The minimum atomic E-state index is -1.10. The highest BCUT2D eigenvalue weighted by atomic mass is 16.8. The topological polar surface area (TPSA) is 51.2 Å². The molecule has 4 nitrogen and oxygen atoms in total. The Morgan fingerprint density at radius 1 is 1.47 bits per heavy atom. The van der Waals surface area contributed by atoms with Crippen LogP contribution in [0.1, 0.15) is 6.92 Å². The second-order valence-electron chi connectivity index (χ2n) is 3.88. The standard InChI is InChI=1S/C13H10O4/c1-2-3-4-5-6-9-11-12(16-11)13(17-9)10(14)7-8-15-13/h6-8,10-12,14H,1H3/b9-6-/t10-,11+,12+,13+/m0/s1. The second-order valence-corrected chi connectivity index (χ2v) is 3.88. The zero-order valence-corrected chi connectivity index (χ0v) is 9.14. The number of rotatable bonds is 0. The van der Waals surface area contributed by atoms with Crippen LogP contribution in [0.5, 0.6) is 0 Å². The van der Waals surface area contributed by atoms with Crippen LogP contribution in [-0.4, -0.2) is 29.2 Å². The molecule has 0 aromatic heterocycles. The molecule has 0 aliphatic carbocycles. The van der Waals surface area contributed by atoms with Crippen molar-refractivity contribution < 1.29 is 19.3 Å². The van der Waals surface area contributed by atoms with Crippen molar-refractivity contribution in [2.75, 3.05) is 0 Å². The average Bonchev–Trinajstić information content (AvgIpc) is 2.97. The lowest BCUT2D eigenvalue weighted by Crippen LogP contribution is -2.44. The number of aliphatic hydroxyl groups is 1. The first kappa shape index (κ1) is 10.3. The summed E-state index contributed by atoms with van der Waals surface area (Å²) in [5, 5.41) is 9.80. The van der Waals surface area contributed by atoms with Crippen molar-refractivity contribution in [3.63, 3.8) is 0 Å². The van der Waals surface area contributed by atoms with Gasteiger partial charge in [0.1, 0.15) is 5.76 Å². The molecule has 1 spiro atoms. The Balaban J connectivity index is 1.80. The number of aliphatic hydroxyl groups excluding tert-OH is 1. The molecule has 3 heterocycles. The van der Waals surface area contributed by atoms with Crippen molar-refractivity contribution in [2.45, 2.75) is 31.0 Å². The van der Waals surface area contributed by atoms with E-state index in [0.717, 1.165) is 0 Å². The normalized spacial score (nSPS) is 42.0. The van der Waals surface area contributed by atoms with Gasteiger partial charge in [-0.2, -0.15) is 0 Å². The van der Waals surface area contributed by atoms with Gasteiger partial charge in [-0.05, 0) is 24.8 Å². The summed E-state index contributed by atoms with van der Waals surface area (Å²) < 4.78 is 16.4. The Hall–Kier alpha value is -1.88. The summed E-state index contributed by atoms with van der Waals surface area (Å²) in [5.74, 6) is 10.2. The van der Waals surface area contributed by atoms with E-state index in [4.69, 9.17) is 14.2 Å². The predicted molar refractivity (Wildman–Crippen MR) is 58.0 cm³/mol. The first-order chi connectivity index (χ1) is 8.28. The van der Waals surface area contributed by atoms with Gasteiger partial charge in [-0.25, -0.2) is 0 Å². The molecule has 3 rings (SSSR count). The molecule has 3 aliphatic heterocycles. The highest BCUT2D eigenvalue weighted by Gasteiger charge is 2.71. The van der Waals surface area contributed by atoms with Crippen molar-refractivity contribution >= 4 is 0 Å². The van der Waals surface area contributed by atoms with E-state index in [1.54, 1.807) is 13.0 Å². The SMILES string of the molecule is CC#CC#C/C=C1\O[C@@]2(OC=C[C@@H]2O)[C@@H]2O[C@H]12. The van der Waals surface area contributed by atoms with E-state index < -0.39 is 11.9 Å². The Labute approximate surface area is 98.9 Å². The molecular formula is C13H10O4. The summed E-state index contributed by atoms with van der Waals surface area (Å²) in [6.07, 6.45) is 3.35. The van der Waals surface area contributed by atoms with Gasteiger partial charge < -0.3 is 19.3 Å². The van der Waals surface area contributed by atoms with Crippen molar-refractivity contribution in [2.24, 2.45) is 0 Å². The first-order valence-electron chi connectivity index (χ1n) is 5.27.